The molecule has 2 heterocycles. The van der Waals surface area contributed by atoms with E-state index in [1.807, 2.05) is 30.3 Å². The molecular weight excluding hydrogens is 420 g/mol. The van der Waals surface area contributed by atoms with Crippen LogP contribution in [0.5, 0.6) is 0 Å². The van der Waals surface area contributed by atoms with Gasteiger partial charge in [-0.1, -0.05) is 41.9 Å². The number of hydrogen-bond acceptors (Lipinski definition) is 6. The second kappa shape index (κ2) is 9.05. The minimum atomic E-state index is -1.06. The summed E-state index contributed by atoms with van der Waals surface area (Å²) < 4.78 is 1.19. The van der Waals surface area contributed by atoms with Crippen LogP contribution >= 0.6 is 11.6 Å². The molecule has 4 rings (SSSR count). The zero-order chi connectivity index (χ0) is 21.8. The van der Waals surface area contributed by atoms with Crippen molar-refractivity contribution in [3.05, 3.63) is 71.3 Å². The lowest BCUT2D eigenvalue weighted by Crippen LogP contribution is -2.49. The van der Waals surface area contributed by atoms with Crippen LogP contribution in [0.2, 0.25) is 5.15 Å². The van der Waals surface area contributed by atoms with E-state index in [2.05, 4.69) is 25.7 Å². The van der Waals surface area contributed by atoms with Gasteiger partial charge in [-0.3, -0.25) is 14.4 Å². The molecule has 1 unspecified atom stereocenters. The lowest BCUT2D eigenvalue weighted by Gasteiger charge is -2.18. The number of halogens is 1. The zero-order valence-electron chi connectivity index (χ0n) is 16.4. The Morgan fingerprint density at radius 2 is 1.81 bits per heavy atom. The fourth-order valence-electron chi connectivity index (χ4n) is 3.00. The normalized spacial score (nSPS) is 14.0. The summed E-state index contributed by atoms with van der Waals surface area (Å²) in [5, 5.41) is 9.45. The van der Waals surface area contributed by atoms with Crippen molar-refractivity contribution < 1.29 is 14.4 Å². The fourth-order valence-corrected chi connectivity index (χ4v) is 3.18. The zero-order valence-corrected chi connectivity index (χ0v) is 17.1. The molecule has 3 aromatic rings. The summed E-state index contributed by atoms with van der Waals surface area (Å²) in [5.74, 6) is -1.89. The Labute approximate surface area is 182 Å². The van der Waals surface area contributed by atoms with Crippen LogP contribution in [-0.4, -0.2) is 49.4 Å². The number of nitrogens with one attached hydrogen (secondary N) is 2. The van der Waals surface area contributed by atoms with Crippen LogP contribution in [0.1, 0.15) is 28.9 Å². The topological polar surface area (TPSA) is 119 Å². The number of nitrogens with zero attached hydrogens (tertiary/aromatic N) is 4. The molecule has 0 aliphatic heterocycles. The average Bonchev–Trinajstić information content (AvgIpc) is 3.51. The second-order valence-corrected chi connectivity index (χ2v) is 7.53. The predicted octanol–water partition coefficient (Wildman–Crippen LogP) is 1.50. The van der Waals surface area contributed by atoms with Gasteiger partial charge in [0.1, 0.15) is 11.7 Å². The van der Waals surface area contributed by atoms with Crippen LogP contribution in [0.4, 0.5) is 0 Å². The highest BCUT2D eigenvalue weighted by molar-refractivity contribution is 6.38. The van der Waals surface area contributed by atoms with Crippen molar-refractivity contribution in [1.29, 1.82) is 0 Å². The molecule has 31 heavy (non-hydrogen) atoms. The maximum absolute atomic E-state index is 13.0. The van der Waals surface area contributed by atoms with E-state index in [0.717, 1.165) is 18.4 Å². The molecule has 1 aliphatic rings. The summed E-state index contributed by atoms with van der Waals surface area (Å²) in [6.45, 7) is 0. The third-order valence-corrected chi connectivity index (χ3v) is 4.88. The Bertz CT molecular complexity index is 1100. The molecule has 0 radical (unpaired) electrons. The molecule has 9 nitrogen and oxygen atoms in total. The molecule has 0 saturated heterocycles. The van der Waals surface area contributed by atoms with Crippen molar-refractivity contribution in [2.75, 3.05) is 0 Å². The molecule has 2 amide bonds. The Morgan fingerprint density at radius 3 is 2.48 bits per heavy atom. The number of aromatic nitrogens is 4. The minimum absolute atomic E-state index is 0.0278. The van der Waals surface area contributed by atoms with Gasteiger partial charge in [0.25, 0.3) is 17.8 Å². The van der Waals surface area contributed by atoms with E-state index in [1.54, 1.807) is 6.07 Å². The molecule has 158 valence electrons. The molecule has 0 spiro atoms. The third-order valence-electron chi connectivity index (χ3n) is 4.69. The van der Waals surface area contributed by atoms with E-state index in [9.17, 15) is 14.4 Å². The highest BCUT2D eigenvalue weighted by Gasteiger charge is 2.32. The summed E-state index contributed by atoms with van der Waals surface area (Å²) in [6.07, 6.45) is 4.87. The highest BCUT2D eigenvalue weighted by Crippen LogP contribution is 2.19. The molecule has 2 aromatic heterocycles. The SMILES string of the molecule is O=C(NC1CC1)C(=O)C(Cc1ccccc1)NC(=O)c1cc(Cl)nn1-c1ncccn1. The molecule has 2 N–H and O–H groups in total. The maximum Gasteiger partial charge on any atom is 0.289 e. The van der Waals surface area contributed by atoms with Crippen molar-refractivity contribution in [3.8, 4) is 5.95 Å². The van der Waals surface area contributed by atoms with Gasteiger partial charge in [-0.2, -0.15) is 9.78 Å². The Morgan fingerprint density at radius 1 is 1.10 bits per heavy atom. The van der Waals surface area contributed by atoms with Crippen molar-refractivity contribution in [1.82, 2.24) is 30.4 Å². The van der Waals surface area contributed by atoms with E-state index in [-0.39, 0.29) is 29.3 Å². The second-order valence-electron chi connectivity index (χ2n) is 7.14. The van der Waals surface area contributed by atoms with Crippen molar-refractivity contribution in [2.45, 2.75) is 31.3 Å². The van der Waals surface area contributed by atoms with E-state index >= 15 is 0 Å². The summed E-state index contributed by atoms with van der Waals surface area (Å²) in [5.41, 5.74) is 0.850. The van der Waals surface area contributed by atoms with Crippen LogP contribution in [0, 0.1) is 0 Å². The minimum Gasteiger partial charge on any atom is -0.347 e. The van der Waals surface area contributed by atoms with Gasteiger partial charge in [-0.15, -0.1) is 0 Å². The number of rotatable bonds is 8. The number of Topliss-reactive ketones (excluding diaryl/α,β-unsaturated/α-hetero) is 1. The van der Waals surface area contributed by atoms with Crippen molar-refractivity contribution in [2.24, 2.45) is 0 Å². The van der Waals surface area contributed by atoms with Crippen molar-refractivity contribution in [3.63, 3.8) is 0 Å². The monoisotopic (exact) mass is 438 g/mol. The van der Waals surface area contributed by atoms with Gasteiger partial charge in [0.15, 0.2) is 5.15 Å². The van der Waals surface area contributed by atoms with Gasteiger partial charge in [0.2, 0.25) is 5.78 Å². The predicted molar refractivity (Wildman–Crippen MR) is 112 cm³/mol. The lowest BCUT2D eigenvalue weighted by molar-refractivity contribution is -0.139. The van der Waals surface area contributed by atoms with Crippen LogP contribution in [0.15, 0.2) is 54.9 Å². The van der Waals surface area contributed by atoms with E-state index < -0.39 is 23.6 Å². The van der Waals surface area contributed by atoms with Crippen LogP contribution < -0.4 is 10.6 Å². The standard InChI is InChI=1S/C21H19ClN6O3/c22-17-12-16(28(27-17)21-23-9-4-10-24-21)19(30)26-15(11-13-5-2-1-3-6-13)18(29)20(31)25-14-7-8-14/h1-6,9-10,12,14-15H,7-8,11H2,(H,25,31)(H,26,30). The van der Waals surface area contributed by atoms with Gasteiger partial charge in [-0.25, -0.2) is 9.97 Å². The summed E-state index contributed by atoms with van der Waals surface area (Å²) >= 11 is 6.00. The first kappa shape index (κ1) is 20.7. The molecule has 1 atom stereocenters. The largest absolute Gasteiger partial charge is 0.347 e. The first-order valence-electron chi connectivity index (χ1n) is 9.73. The number of carbonyl (C=O) groups is 3. The summed E-state index contributed by atoms with van der Waals surface area (Å²) in [6, 6.07) is 11.1. The molecule has 1 saturated carbocycles. The number of carbonyl (C=O) groups excluding carboxylic acids is 3. The third kappa shape index (κ3) is 5.13. The number of amides is 2. The number of benzene rings is 1. The summed E-state index contributed by atoms with van der Waals surface area (Å²) in [4.78, 5) is 46.4. The van der Waals surface area contributed by atoms with Gasteiger partial charge in [0.05, 0.1) is 0 Å². The van der Waals surface area contributed by atoms with E-state index in [0.29, 0.717) is 0 Å². The molecule has 10 heteroatoms. The fraction of sp³-hybridized carbons (Fsp3) is 0.238. The first-order valence-corrected chi connectivity index (χ1v) is 10.1. The number of ketones is 1. The smallest absolute Gasteiger partial charge is 0.289 e. The van der Waals surface area contributed by atoms with Gasteiger partial charge >= 0.3 is 0 Å². The molecule has 1 fully saturated rings. The first-order chi connectivity index (χ1) is 15.0. The molecule has 1 aliphatic carbocycles. The van der Waals surface area contributed by atoms with Gasteiger partial charge in [-0.05, 0) is 24.5 Å². The van der Waals surface area contributed by atoms with Crippen LogP contribution in [-0.2, 0) is 16.0 Å². The van der Waals surface area contributed by atoms with Crippen LogP contribution in [0.3, 0.4) is 0 Å². The average molecular weight is 439 g/mol. The Kier molecular flexibility index (Phi) is 6.03. The van der Waals surface area contributed by atoms with Crippen molar-refractivity contribution >= 4 is 29.2 Å². The molecule has 1 aromatic carbocycles. The molecular formula is C21H19ClN6O3. The maximum atomic E-state index is 13.0. The molecule has 0 bridgehead atoms. The van der Waals surface area contributed by atoms with E-state index in [4.69, 9.17) is 11.6 Å². The Balaban J connectivity index is 1.58. The Hall–Kier alpha value is -3.59. The van der Waals surface area contributed by atoms with Gasteiger partial charge < -0.3 is 10.6 Å². The summed E-state index contributed by atoms with van der Waals surface area (Å²) in [7, 11) is 0. The van der Waals surface area contributed by atoms with Gasteiger partial charge in [0, 0.05) is 30.9 Å². The lowest BCUT2D eigenvalue weighted by atomic mass is 10.0. The van der Waals surface area contributed by atoms with Crippen LogP contribution in [0.25, 0.3) is 5.95 Å². The van der Waals surface area contributed by atoms with E-state index in [1.165, 1.54) is 23.1 Å². The number of hydrogen-bond donors (Lipinski definition) is 2. The quantitative estimate of drug-likeness (QED) is 0.514. The highest BCUT2D eigenvalue weighted by atomic mass is 35.5.